The summed E-state index contributed by atoms with van der Waals surface area (Å²) in [6.07, 6.45) is 3.45. The number of hydrogen-bond donors (Lipinski definition) is 1. The number of nitro benzene ring substituents is 1. The Kier molecular flexibility index (Phi) is 6.73. The molecule has 8 nitrogen and oxygen atoms in total. The highest BCUT2D eigenvalue weighted by atomic mass is 32.1. The molecule has 0 unspecified atom stereocenters. The van der Waals surface area contributed by atoms with Crippen LogP contribution in [0.15, 0.2) is 48.1 Å². The van der Waals surface area contributed by atoms with Gasteiger partial charge in [-0.2, -0.15) is 0 Å². The van der Waals surface area contributed by atoms with Crippen LogP contribution in [-0.2, 0) is 6.54 Å². The standard InChI is InChI=1S/C20H24N6O2S/c1-24(2)11-12-25(3)18-6-4-5-16(19(18)26(27)28)13-22-20-23-17(14-29-20)15-7-9-21-10-8-15/h4-10,14H,11-13H2,1-3H3,(H,22,23). The summed E-state index contributed by atoms with van der Waals surface area (Å²) < 4.78 is 0. The van der Waals surface area contributed by atoms with Gasteiger partial charge in [-0.05, 0) is 32.3 Å². The lowest BCUT2D eigenvalue weighted by atomic mass is 10.1. The number of nitrogens with zero attached hydrogens (tertiary/aromatic N) is 5. The third-order valence-corrected chi connectivity index (χ3v) is 5.29. The van der Waals surface area contributed by atoms with Gasteiger partial charge < -0.3 is 15.1 Å². The molecule has 0 amide bonds. The Bertz CT molecular complexity index is 961. The first-order valence-corrected chi connectivity index (χ1v) is 10.1. The quantitative estimate of drug-likeness (QED) is 0.423. The van der Waals surface area contributed by atoms with Gasteiger partial charge in [-0.3, -0.25) is 15.1 Å². The smallest absolute Gasteiger partial charge is 0.297 e. The molecule has 0 saturated carbocycles. The summed E-state index contributed by atoms with van der Waals surface area (Å²) in [7, 11) is 5.85. The summed E-state index contributed by atoms with van der Waals surface area (Å²) in [6.45, 7) is 1.84. The zero-order valence-electron chi connectivity index (χ0n) is 16.7. The molecule has 29 heavy (non-hydrogen) atoms. The Morgan fingerprint density at radius 3 is 2.59 bits per heavy atom. The maximum atomic E-state index is 11.8. The second-order valence-corrected chi connectivity index (χ2v) is 7.75. The number of rotatable bonds is 9. The van der Waals surface area contributed by atoms with Crippen LogP contribution in [0.5, 0.6) is 0 Å². The Morgan fingerprint density at radius 1 is 1.14 bits per heavy atom. The first-order chi connectivity index (χ1) is 14.0. The van der Waals surface area contributed by atoms with E-state index in [4.69, 9.17) is 0 Å². The number of thiazole rings is 1. The van der Waals surface area contributed by atoms with Crippen molar-refractivity contribution in [2.75, 3.05) is 44.4 Å². The van der Waals surface area contributed by atoms with E-state index in [1.54, 1.807) is 24.5 Å². The molecule has 9 heteroatoms. The van der Waals surface area contributed by atoms with Crippen molar-refractivity contribution in [3.63, 3.8) is 0 Å². The molecular weight excluding hydrogens is 388 g/mol. The highest BCUT2D eigenvalue weighted by Gasteiger charge is 2.22. The van der Waals surface area contributed by atoms with Crippen LogP contribution in [0.4, 0.5) is 16.5 Å². The lowest BCUT2D eigenvalue weighted by Crippen LogP contribution is -2.29. The van der Waals surface area contributed by atoms with E-state index in [2.05, 4.69) is 20.2 Å². The average Bonchev–Trinajstić information content (AvgIpc) is 3.19. The SMILES string of the molecule is CN(C)CCN(C)c1cccc(CNc2nc(-c3ccncc3)cs2)c1[N+](=O)[O-]. The molecule has 0 bridgehead atoms. The molecule has 0 atom stereocenters. The first kappa shape index (κ1) is 20.7. The van der Waals surface area contributed by atoms with Crippen molar-refractivity contribution in [1.82, 2.24) is 14.9 Å². The summed E-state index contributed by atoms with van der Waals surface area (Å²) >= 11 is 1.47. The molecule has 0 aliphatic heterocycles. The predicted octanol–water partition coefficient (Wildman–Crippen LogP) is 3.72. The summed E-state index contributed by atoms with van der Waals surface area (Å²) in [5, 5.41) is 17.7. The van der Waals surface area contributed by atoms with E-state index < -0.39 is 0 Å². The van der Waals surface area contributed by atoms with E-state index in [0.717, 1.165) is 22.9 Å². The zero-order valence-corrected chi connectivity index (χ0v) is 17.5. The number of nitro groups is 1. The second kappa shape index (κ2) is 9.44. The largest absolute Gasteiger partial charge is 0.368 e. The molecule has 0 fully saturated rings. The molecule has 2 aromatic heterocycles. The van der Waals surface area contributed by atoms with E-state index in [1.807, 2.05) is 49.6 Å². The number of aromatic nitrogens is 2. The average molecular weight is 413 g/mol. The highest BCUT2D eigenvalue weighted by Crippen LogP contribution is 2.32. The lowest BCUT2D eigenvalue weighted by molar-refractivity contribution is -0.384. The number of benzene rings is 1. The third kappa shape index (κ3) is 5.27. The van der Waals surface area contributed by atoms with Crippen molar-refractivity contribution in [1.29, 1.82) is 0 Å². The van der Waals surface area contributed by atoms with Crippen molar-refractivity contribution in [2.45, 2.75) is 6.54 Å². The van der Waals surface area contributed by atoms with E-state index in [0.29, 0.717) is 24.3 Å². The molecule has 1 N–H and O–H groups in total. The van der Waals surface area contributed by atoms with Crippen molar-refractivity contribution < 1.29 is 4.92 Å². The molecule has 3 aromatic rings. The Morgan fingerprint density at radius 2 is 1.90 bits per heavy atom. The van der Waals surface area contributed by atoms with Crippen molar-refractivity contribution in [3.8, 4) is 11.3 Å². The molecular formula is C20H24N6O2S. The molecule has 0 aliphatic carbocycles. The highest BCUT2D eigenvalue weighted by molar-refractivity contribution is 7.14. The van der Waals surface area contributed by atoms with Gasteiger partial charge in [-0.25, -0.2) is 4.98 Å². The third-order valence-electron chi connectivity index (χ3n) is 4.49. The first-order valence-electron chi connectivity index (χ1n) is 9.17. The van der Waals surface area contributed by atoms with E-state index in [1.165, 1.54) is 11.3 Å². The number of para-hydroxylation sites is 1. The minimum Gasteiger partial charge on any atom is -0.368 e. The second-order valence-electron chi connectivity index (χ2n) is 6.89. The molecule has 0 saturated heterocycles. The summed E-state index contributed by atoms with van der Waals surface area (Å²) in [5.41, 5.74) is 3.22. The predicted molar refractivity (Wildman–Crippen MR) is 118 cm³/mol. The fourth-order valence-corrected chi connectivity index (χ4v) is 3.61. The van der Waals surface area contributed by atoms with Crippen LogP contribution in [0, 0.1) is 10.1 Å². The number of nitrogens with one attached hydrogen (secondary N) is 1. The molecule has 0 radical (unpaired) electrons. The van der Waals surface area contributed by atoms with Gasteiger partial charge in [0.15, 0.2) is 5.13 Å². The van der Waals surface area contributed by atoms with Gasteiger partial charge in [0.05, 0.1) is 16.2 Å². The van der Waals surface area contributed by atoms with Crippen LogP contribution < -0.4 is 10.2 Å². The Balaban J connectivity index is 1.76. The number of anilines is 2. The maximum Gasteiger partial charge on any atom is 0.297 e. The van der Waals surface area contributed by atoms with Crippen LogP contribution in [0.2, 0.25) is 0 Å². The van der Waals surface area contributed by atoms with Gasteiger partial charge in [0.1, 0.15) is 5.69 Å². The van der Waals surface area contributed by atoms with Crippen molar-refractivity contribution in [2.24, 2.45) is 0 Å². The topological polar surface area (TPSA) is 87.4 Å². The van der Waals surface area contributed by atoms with E-state index in [-0.39, 0.29) is 10.6 Å². The van der Waals surface area contributed by atoms with Crippen molar-refractivity contribution >= 4 is 27.8 Å². The molecule has 3 rings (SSSR count). The van der Waals surface area contributed by atoms with Crippen LogP contribution in [-0.4, -0.2) is 54.0 Å². The van der Waals surface area contributed by atoms with Gasteiger partial charge in [-0.15, -0.1) is 11.3 Å². The van der Waals surface area contributed by atoms with Crippen LogP contribution >= 0.6 is 11.3 Å². The monoisotopic (exact) mass is 412 g/mol. The summed E-state index contributed by atoms with van der Waals surface area (Å²) in [5.74, 6) is 0. The molecule has 2 heterocycles. The van der Waals surface area contributed by atoms with Crippen molar-refractivity contribution in [3.05, 3.63) is 63.8 Å². The molecule has 0 spiro atoms. The fourth-order valence-electron chi connectivity index (χ4n) is 2.89. The maximum absolute atomic E-state index is 11.8. The number of hydrogen-bond acceptors (Lipinski definition) is 8. The summed E-state index contributed by atoms with van der Waals surface area (Å²) in [4.78, 5) is 24.1. The van der Waals surface area contributed by atoms with Gasteiger partial charge >= 0.3 is 0 Å². The van der Waals surface area contributed by atoms with E-state index in [9.17, 15) is 10.1 Å². The molecule has 1 aromatic carbocycles. The number of pyridine rings is 1. The van der Waals surface area contributed by atoms with Crippen LogP contribution in [0.3, 0.4) is 0 Å². The van der Waals surface area contributed by atoms with Gasteiger partial charge in [0.2, 0.25) is 0 Å². The Labute approximate surface area is 174 Å². The normalized spacial score (nSPS) is 10.9. The van der Waals surface area contributed by atoms with Gasteiger partial charge in [0, 0.05) is 50.0 Å². The minimum atomic E-state index is -0.303. The fraction of sp³-hybridized carbons (Fsp3) is 0.300. The van der Waals surface area contributed by atoms with Gasteiger partial charge in [0.25, 0.3) is 5.69 Å². The summed E-state index contributed by atoms with van der Waals surface area (Å²) in [6, 6.07) is 9.23. The number of likely N-dealkylation sites (N-methyl/N-ethyl adjacent to an activating group) is 2. The van der Waals surface area contributed by atoms with Crippen LogP contribution in [0.25, 0.3) is 11.3 Å². The molecule has 0 aliphatic rings. The van der Waals surface area contributed by atoms with Gasteiger partial charge in [-0.1, -0.05) is 12.1 Å². The van der Waals surface area contributed by atoms with Crippen LogP contribution in [0.1, 0.15) is 5.56 Å². The minimum absolute atomic E-state index is 0.132. The molecule has 152 valence electrons. The zero-order chi connectivity index (χ0) is 20.8. The Hall–Kier alpha value is -3.04. The lowest BCUT2D eigenvalue weighted by Gasteiger charge is -2.22. The van der Waals surface area contributed by atoms with E-state index >= 15 is 0 Å².